The predicted molar refractivity (Wildman–Crippen MR) is 105 cm³/mol. The van der Waals surface area contributed by atoms with Crippen LogP contribution in [-0.4, -0.2) is 15.9 Å². The predicted octanol–water partition coefficient (Wildman–Crippen LogP) is 5.44. The maximum absolute atomic E-state index is 12.5. The Hall–Kier alpha value is -3.59. The van der Waals surface area contributed by atoms with Crippen LogP contribution in [0.15, 0.2) is 84.9 Å². The van der Waals surface area contributed by atoms with Gasteiger partial charge in [-0.2, -0.15) is 0 Å². The normalized spacial score (nSPS) is 11.2. The lowest BCUT2D eigenvalue weighted by Gasteiger charge is -2.02. The Balaban J connectivity index is 1.81. The second kappa shape index (κ2) is 6.73. The molecule has 3 heteroatoms. The summed E-state index contributed by atoms with van der Waals surface area (Å²) in [4.78, 5) is 15.9. The van der Waals surface area contributed by atoms with Crippen LogP contribution in [0, 0.1) is 0 Å². The summed E-state index contributed by atoms with van der Waals surface area (Å²) >= 11 is 0. The van der Waals surface area contributed by atoms with Gasteiger partial charge in [0.2, 0.25) is 0 Å². The summed E-state index contributed by atoms with van der Waals surface area (Å²) < 4.78 is 0. The monoisotopic (exact) mass is 339 g/mol. The highest BCUT2D eigenvalue weighted by Crippen LogP contribution is 2.31. The van der Waals surface area contributed by atoms with E-state index in [0.717, 1.165) is 27.7 Å². The van der Waals surface area contributed by atoms with E-state index in [4.69, 9.17) is 0 Å². The Morgan fingerprint density at radius 2 is 1.54 bits per heavy atom. The SMILES string of the molecule is O=C(/C=C/c1c(-c2ccccc2)[nH]c2ccccc12)c1ccccc1O. The Labute approximate surface area is 151 Å². The summed E-state index contributed by atoms with van der Waals surface area (Å²) in [7, 11) is 0. The lowest BCUT2D eigenvalue weighted by molar-refractivity contribution is 0.104. The lowest BCUT2D eigenvalue weighted by Crippen LogP contribution is -1.94. The van der Waals surface area contributed by atoms with Gasteiger partial charge in [-0.3, -0.25) is 4.79 Å². The third kappa shape index (κ3) is 2.91. The summed E-state index contributed by atoms with van der Waals surface area (Å²) in [5.41, 5.74) is 4.29. The van der Waals surface area contributed by atoms with Gasteiger partial charge in [-0.05, 0) is 35.9 Å². The summed E-state index contributed by atoms with van der Waals surface area (Å²) in [6.07, 6.45) is 3.33. The zero-order valence-corrected chi connectivity index (χ0v) is 14.0. The van der Waals surface area contributed by atoms with E-state index in [2.05, 4.69) is 4.98 Å². The molecule has 1 aromatic heterocycles. The fourth-order valence-corrected chi connectivity index (χ4v) is 3.10. The molecular formula is C23H17NO2. The first-order valence-corrected chi connectivity index (χ1v) is 8.40. The summed E-state index contributed by atoms with van der Waals surface area (Å²) in [5, 5.41) is 10.9. The average Bonchev–Trinajstić information content (AvgIpc) is 3.06. The number of fused-ring (bicyclic) bond motifs is 1. The molecule has 1 heterocycles. The number of hydrogen-bond donors (Lipinski definition) is 2. The van der Waals surface area contributed by atoms with E-state index in [-0.39, 0.29) is 11.5 Å². The van der Waals surface area contributed by atoms with Crippen LogP contribution in [0.25, 0.3) is 28.2 Å². The van der Waals surface area contributed by atoms with Crippen molar-refractivity contribution in [2.24, 2.45) is 0 Å². The lowest BCUT2D eigenvalue weighted by atomic mass is 10.0. The molecule has 0 bridgehead atoms. The van der Waals surface area contributed by atoms with Gasteiger partial charge in [-0.1, -0.05) is 60.7 Å². The molecule has 0 fully saturated rings. The molecule has 0 unspecified atom stereocenters. The highest BCUT2D eigenvalue weighted by Gasteiger charge is 2.12. The van der Waals surface area contributed by atoms with E-state index in [9.17, 15) is 9.90 Å². The van der Waals surface area contributed by atoms with E-state index in [1.165, 1.54) is 12.1 Å². The number of aromatic nitrogens is 1. The van der Waals surface area contributed by atoms with Crippen molar-refractivity contribution < 1.29 is 9.90 Å². The number of aromatic hydroxyl groups is 1. The highest BCUT2D eigenvalue weighted by atomic mass is 16.3. The van der Waals surface area contributed by atoms with Gasteiger partial charge in [0.15, 0.2) is 5.78 Å². The minimum atomic E-state index is -0.229. The largest absolute Gasteiger partial charge is 0.507 e. The van der Waals surface area contributed by atoms with Gasteiger partial charge in [0, 0.05) is 16.5 Å². The number of aromatic amines is 1. The van der Waals surface area contributed by atoms with Crippen molar-refractivity contribution in [1.29, 1.82) is 0 Å². The number of nitrogens with one attached hydrogen (secondary N) is 1. The van der Waals surface area contributed by atoms with Gasteiger partial charge in [0.05, 0.1) is 11.3 Å². The molecule has 26 heavy (non-hydrogen) atoms. The molecule has 0 radical (unpaired) electrons. The number of hydrogen-bond acceptors (Lipinski definition) is 2. The van der Waals surface area contributed by atoms with Crippen molar-refractivity contribution in [3.05, 3.63) is 96.1 Å². The van der Waals surface area contributed by atoms with Crippen molar-refractivity contribution >= 4 is 22.8 Å². The number of rotatable bonds is 4. The van der Waals surface area contributed by atoms with Crippen LogP contribution in [0.5, 0.6) is 5.75 Å². The first kappa shape index (κ1) is 15.9. The van der Waals surface area contributed by atoms with E-state index in [1.54, 1.807) is 18.2 Å². The second-order valence-electron chi connectivity index (χ2n) is 6.04. The van der Waals surface area contributed by atoms with Crippen LogP contribution in [-0.2, 0) is 0 Å². The van der Waals surface area contributed by atoms with E-state index in [0.29, 0.717) is 5.56 Å². The average molecular weight is 339 g/mol. The maximum atomic E-state index is 12.5. The van der Waals surface area contributed by atoms with Crippen LogP contribution in [0.2, 0.25) is 0 Å². The maximum Gasteiger partial charge on any atom is 0.189 e. The smallest absolute Gasteiger partial charge is 0.189 e. The fourth-order valence-electron chi connectivity index (χ4n) is 3.10. The van der Waals surface area contributed by atoms with Crippen LogP contribution in [0.3, 0.4) is 0 Å². The molecule has 0 aliphatic carbocycles. The first-order valence-electron chi connectivity index (χ1n) is 8.40. The van der Waals surface area contributed by atoms with Gasteiger partial charge in [-0.15, -0.1) is 0 Å². The standard InChI is InChI=1S/C23H17NO2/c25-21-13-7-5-11-19(21)22(26)15-14-18-17-10-4-6-12-20(17)24-23(18)16-8-2-1-3-9-16/h1-15,24-25H/b15-14+. The third-order valence-corrected chi connectivity index (χ3v) is 4.38. The van der Waals surface area contributed by atoms with Crippen molar-refractivity contribution in [3.8, 4) is 17.0 Å². The third-order valence-electron chi connectivity index (χ3n) is 4.38. The van der Waals surface area contributed by atoms with E-state index < -0.39 is 0 Å². The number of H-pyrrole nitrogens is 1. The number of phenols is 1. The Morgan fingerprint density at radius 3 is 2.35 bits per heavy atom. The van der Waals surface area contributed by atoms with Gasteiger partial charge < -0.3 is 10.1 Å². The number of allylic oxidation sites excluding steroid dienone is 1. The number of phenolic OH excluding ortho intramolecular Hbond substituents is 1. The second-order valence-corrected chi connectivity index (χ2v) is 6.04. The van der Waals surface area contributed by atoms with Gasteiger partial charge in [0.25, 0.3) is 0 Å². The van der Waals surface area contributed by atoms with E-state index in [1.807, 2.05) is 60.7 Å². The Kier molecular flexibility index (Phi) is 4.12. The van der Waals surface area contributed by atoms with Crippen molar-refractivity contribution in [3.63, 3.8) is 0 Å². The molecule has 2 N–H and O–H groups in total. The molecular weight excluding hydrogens is 322 g/mol. The molecule has 126 valence electrons. The van der Waals surface area contributed by atoms with Crippen LogP contribution in [0.4, 0.5) is 0 Å². The minimum Gasteiger partial charge on any atom is -0.507 e. The first-order chi connectivity index (χ1) is 12.7. The van der Waals surface area contributed by atoms with Crippen LogP contribution >= 0.6 is 0 Å². The quantitative estimate of drug-likeness (QED) is 0.384. The molecule has 3 aromatic carbocycles. The van der Waals surface area contributed by atoms with Crippen LogP contribution < -0.4 is 0 Å². The number of carbonyl (C=O) groups excluding carboxylic acids is 1. The molecule has 0 saturated carbocycles. The van der Waals surface area contributed by atoms with Crippen LogP contribution in [0.1, 0.15) is 15.9 Å². The molecule has 3 nitrogen and oxygen atoms in total. The number of ketones is 1. The molecule has 0 spiro atoms. The molecule has 0 aliphatic heterocycles. The van der Waals surface area contributed by atoms with Crippen molar-refractivity contribution in [2.45, 2.75) is 0 Å². The molecule has 4 rings (SSSR count). The summed E-state index contributed by atoms with van der Waals surface area (Å²) in [5.74, 6) is -0.239. The van der Waals surface area contributed by atoms with Gasteiger partial charge in [0.1, 0.15) is 5.75 Å². The van der Waals surface area contributed by atoms with E-state index >= 15 is 0 Å². The number of para-hydroxylation sites is 2. The highest BCUT2D eigenvalue weighted by molar-refractivity contribution is 6.10. The zero-order valence-electron chi connectivity index (χ0n) is 14.0. The number of carbonyl (C=O) groups is 1. The summed E-state index contributed by atoms with van der Waals surface area (Å²) in [6, 6.07) is 24.6. The molecule has 4 aromatic rings. The molecule has 0 aliphatic rings. The van der Waals surface area contributed by atoms with Crippen molar-refractivity contribution in [1.82, 2.24) is 4.98 Å². The molecule has 0 amide bonds. The Bertz CT molecular complexity index is 1110. The zero-order chi connectivity index (χ0) is 17.9. The Morgan fingerprint density at radius 1 is 0.846 bits per heavy atom. The van der Waals surface area contributed by atoms with Gasteiger partial charge in [-0.25, -0.2) is 0 Å². The molecule has 0 atom stereocenters. The molecule has 0 saturated heterocycles. The van der Waals surface area contributed by atoms with Crippen molar-refractivity contribution in [2.75, 3.05) is 0 Å². The number of benzene rings is 3. The fraction of sp³-hybridized carbons (Fsp3) is 0. The summed E-state index contributed by atoms with van der Waals surface area (Å²) in [6.45, 7) is 0. The van der Waals surface area contributed by atoms with Gasteiger partial charge >= 0.3 is 0 Å². The topological polar surface area (TPSA) is 53.1 Å². The minimum absolute atomic E-state index is 0.00985.